The minimum atomic E-state index is -5.08. The maximum absolute atomic E-state index is 12.3. The normalized spacial score (nSPS) is 11.3. The Balaban J connectivity index is 0. The summed E-state index contributed by atoms with van der Waals surface area (Å²) in [4.78, 5) is 19.3. The lowest BCUT2D eigenvalue weighted by molar-refractivity contribution is -0.192. The zero-order chi connectivity index (χ0) is 14.1. The minimum Gasteiger partial charge on any atom is -0.475 e. The zero-order valence-electron chi connectivity index (χ0n) is 8.75. The number of hydrogen-bond donors (Lipinski definition) is 2. The van der Waals surface area contributed by atoms with Crippen LogP contribution in [0.3, 0.4) is 0 Å². The van der Waals surface area contributed by atoms with Gasteiger partial charge in [0, 0.05) is 6.54 Å². The SMILES string of the molecule is CCOC(=O)/C(F)=C/CN.O=C(O)C(F)(F)F. The molecule has 0 aromatic carbocycles. The van der Waals surface area contributed by atoms with Crippen molar-refractivity contribution in [1.82, 2.24) is 0 Å². The predicted octanol–water partition coefficient (Wildman–Crippen LogP) is 0.995. The average Bonchev–Trinajstić information content (AvgIpc) is 2.18. The molecule has 0 atom stereocenters. The number of carboxylic acids is 1. The monoisotopic (exact) mass is 261 g/mol. The largest absolute Gasteiger partial charge is 0.490 e. The van der Waals surface area contributed by atoms with Crippen LogP contribution in [-0.2, 0) is 14.3 Å². The van der Waals surface area contributed by atoms with E-state index in [0.717, 1.165) is 6.08 Å². The topological polar surface area (TPSA) is 89.6 Å². The van der Waals surface area contributed by atoms with Gasteiger partial charge in [0.05, 0.1) is 6.61 Å². The van der Waals surface area contributed by atoms with E-state index in [4.69, 9.17) is 15.6 Å². The highest BCUT2D eigenvalue weighted by Gasteiger charge is 2.38. The molecule has 0 heterocycles. The molecular formula is C8H11F4NO4. The lowest BCUT2D eigenvalue weighted by Gasteiger charge is -1.96. The molecule has 0 unspecified atom stereocenters. The highest BCUT2D eigenvalue weighted by atomic mass is 19.4. The molecule has 0 rings (SSSR count). The highest BCUT2D eigenvalue weighted by Crippen LogP contribution is 2.13. The standard InChI is InChI=1S/C6H10FNO2.C2HF3O2/c1-2-10-6(9)5(7)3-4-8;3-2(4,5)1(6)7/h3H,2,4,8H2,1H3;(H,6,7)/b5-3-;. The van der Waals surface area contributed by atoms with Crippen molar-refractivity contribution in [2.45, 2.75) is 13.1 Å². The van der Waals surface area contributed by atoms with Crippen molar-refractivity contribution < 1.29 is 37.0 Å². The van der Waals surface area contributed by atoms with Gasteiger partial charge < -0.3 is 15.6 Å². The Labute approximate surface area is 93.8 Å². The minimum absolute atomic E-state index is 0.00461. The highest BCUT2D eigenvalue weighted by molar-refractivity contribution is 5.85. The van der Waals surface area contributed by atoms with Gasteiger partial charge in [-0.3, -0.25) is 0 Å². The summed E-state index contributed by atoms with van der Waals surface area (Å²) >= 11 is 0. The zero-order valence-corrected chi connectivity index (χ0v) is 8.75. The van der Waals surface area contributed by atoms with Crippen molar-refractivity contribution in [3.05, 3.63) is 11.9 Å². The van der Waals surface area contributed by atoms with E-state index in [9.17, 15) is 22.4 Å². The van der Waals surface area contributed by atoms with E-state index in [-0.39, 0.29) is 13.2 Å². The van der Waals surface area contributed by atoms with E-state index < -0.39 is 23.9 Å². The van der Waals surface area contributed by atoms with Crippen LogP contribution in [0.1, 0.15) is 6.92 Å². The third-order valence-electron chi connectivity index (χ3n) is 1.01. The van der Waals surface area contributed by atoms with Gasteiger partial charge in [-0.1, -0.05) is 0 Å². The number of ether oxygens (including phenoxy) is 1. The van der Waals surface area contributed by atoms with Gasteiger partial charge in [-0.25, -0.2) is 9.59 Å². The van der Waals surface area contributed by atoms with Crippen molar-refractivity contribution in [1.29, 1.82) is 0 Å². The molecule has 0 bridgehead atoms. The van der Waals surface area contributed by atoms with Crippen molar-refractivity contribution in [3.8, 4) is 0 Å². The van der Waals surface area contributed by atoms with Crippen molar-refractivity contribution in [2.75, 3.05) is 13.2 Å². The van der Waals surface area contributed by atoms with E-state index in [1.54, 1.807) is 6.92 Å². The number of halogens is 4. The summed E-state index contributed by atoms with van der Waals surface area (Å²) in [5.41, 5.74) is 4.94. The van der Waals surface area contributed by atoms with E-state index >= 15 is 0 Å². The third-order valence-corrected chi connectivity index (χ3v) is 1.01. The molecule has 0 radical (unpaired) electrons. The number of carbonyl (C=O) groups is 2. The van der Waals surface area contributed by atoms with Gasteiger partial charge >= 0.3 is 18.1 Å². The van der Waals surface area contributed by atoms with Crippen LogP contribution in [0.4, 0.5) is 17.6 Å². The Kier molecular flexibility index (Phi) is 8.88. The van der Waals surface area contributed by atoms with Gasteiger partial charge in [-0.2, -0.15) is 17.6 Å². The number of esters is 1. The Morgan fingerprint density at radius 1 is 1.41 bits per heavy atom. The van der Waals surface area contributed by atoms with Gasteiger partial charge in [-0.15, -0.1) is 0 Å². The van der Waals surface area contributed by atoms with E-state index in [0.29, 0.717) is 0 Å². The smallest absolute Gasteiger partial charge is 0.475 e. The molecule has 0 saturated heterocycles. The van der Waals surface area contributed by atoms with Crippen LogP contribution in [0.2, 0.25) is 0 Å². The molecule has 0 aromatic rings. The van der Waals surface area contributed by atoms with Crippen molar-refractivity contribution >= 4 is 11.9 Å². The first kappa shape index (κ1) is 17.7. The van der Waals surface area contributed by atoms with Crippen LogP contribution in [0.25, 0.3) is 0 Å². The number of nitrogens with two attached hydrogens (primary N) is 1. The summed E-state index contributed by atoms with van der Waals surface area (Å²) in [6.45, 7) is 1.78. The summed E-state index contributed by atoms with van der Waals surface area (Å²) in [6.07, 6.45) is -4.11. The molecular weight excluding hydrogens is 250 g/mol. The number of alkyl halides is 3. The molecule has 100 valence electrons. The number of hydrogen-bond acceptors (Lipinski definition) is 4. The van der Waals surface area contributed by atoms with Crippen LogP contribution < -0.4 is 5.73 Å². The van der Waals surface area contributed by atoms with Crippen LogP contribution in [0, 0.1) is 0 Å². The number of carboxylic acid groups (broad SMARTS) is 1. The van der Waals surface area contributed by atoms with Gasteiger partial charge in [0.15, 0.2) is 0 Å². The number of aliphatic carboxylic acids is 1. The summed E-state index contributed by atoms with van der Waals surface area (Å²) in [5.74, 6) is -4.63. The molecule has 5 nitrogen and oxygen atoms in total. The first-order valence-corrected chi connectivity index (χ1v) is 4.19. The van der Waals surface area contributed by atoms with E-state index in [2.05, 4.69) is 4.74 Å². The molecule has 0 saturated carbocycles. The maximum atomic E-state index is 12.3. The van der Waals surface area contributed by atoms with Crippen molar-refractivity contribution in [3.63, 3.8) is 0 Å². The molecule has 17 heavy (non-hydrogen) atoms. The van der Waals surface area contributed by atoms with Gasteiger partial charge in [0.2, 0.25) is 5.83 Å². The summed E-state index contributed by atoms with van der Waals surface area (Å²) in [5, 5.41) is 7.12. The first-order chi connectivity index (χ1) is 7.66. The van der Waals surface area contributed by atoms with Gasteiger partial charge in [0.1, 0.15) is 0 Å². The van der Waals surface area contributed by atoms with Crippen LogP contribution in [-0.4, -0.2) is 36.4 Å². The Morgan fingerprint density at radius 3 is 2.06 bits per heavy atom. The van der Waals surface area contributed by atoms with Crippen LogP contribution in [0.5, 0.6) is 0 Å². The molecule has 9 heteroatoms. The van der Waals surface area contributed by atoms with Crippen LogP contribution >= 0.6 is 0 Å². The fraction of sp³-hybridized carbons (Fsp3) is 0.500. The molecule has 0 aliphatic rings. The Morgan fingerprint density at radius 2 is 1.82 bits per heavy atom. The Hall–Kier alpha value is -1.64. The second kappa shape index (κ2) is 8.50. The number of rotatable bonds is 3. The van der Waals surface area contributed by atoms with Crippen molar-refractivity contribution in [2.24, 2.45) is 5.73 Å². The fourth-order valence-corrected chi connectivity index (χ4v) is 0.387. The van der Waals surface area contributed by atoms with Gasteiger partial charge in [0.25, 0.3) is 0 Å². The lowest BCUT2D eigenvalue weighted by Crippen LogP contribution is -2.21. The molecule has 3 N–H and O–H groups in total. The molecule has 0 amide bonds. The summed E-state index contributed by atoms with van der Waals surface area (Å²) in [7, 11) is 0. The predicted molar refractivity (Wildman–Crippen MR) is 48.6 cm³/mol. The first-order valence-electron chi connectivity index (χ1n) is 4.19. The number of carbonyl (C=O) groups excluding carboxylic acids is 1. The van der Waals surface area contributed by atoms with Gasteiger partial charge in [-0.05, 0) is 13.0 Å². The molecule has 0 fully saturated rings. The fourth-order valence-electron chi connectivity index (χ4n) is 0.387. The maximum Gasteiger partial charge on any atom is 0.490 e. The molecule has 0 aliphatic carbocycles. The quantitative estimate of drug-likeness (QED) is 0.449. The lowest BCUT2D eigenvalue weighted by atomic mass is 10.5. The van der Waals surface area contributed by atoms with E-state index in [1.165, 1.54) is 0 Å². The average molecular weight is 261 g/mol. The Bertz CT molecular complexity index is 288. The summed E-state index contributed by atoms with van der Waals surface area (Å²) < 4.78 is 48.3. The van der Waals surface area contributed by atoms with E-state index in [1.807, 2.05) is 0 Å². The van der Waals surface area contributed by atoms with Crippen LogP contribution in [0.15, 0.2) is 11.9 Å². The molecule has 0 spiro atoms. The molecule has 0 aromatic heterocycles. The summed E-state index contributed by atoms with van der Waals surface area (Å²) in [6, 6.07) is 0. The third kappa shape index (κ3) is 10.6. The second-order valence-corrected chi connectivity index (χ2v) is 2.31. The molecule has 0 aliphatic heterocycles. The second-order valence-electron chi connectivity index (χ2n) is 2.31.